The second kappa shape index (κ2) is 7.76. The average Bonchev–Trinajstić information content (AvgIpc) is 2.88. The molecule has 0 aromatic heterocycles. The lowest BCUT2D eigenvalue weighted by atomic mass is 10.2. The van der Waals surface area contributed by atoms with E-state index >= 15 is 0 Å². The van der Waals surface area contributed by atoms with Crippen LogP contribution in [-0.4, -0.2) is 18.5 Å². The maximum absolute atomic E-state index is 12.6. The maximum Gasteiger partial charge on any atom is 0.333 e. The van der Waals surface area contributed by atoms with Gasteiger partial charge in [-0.3, -0.25) is 4.79 Å². The smallest absolute Gasteiger partial charge is 0.333 e. The van der Waals surface area contributed by atoms with Crippen molar-refractivity contribution in [1.82, 2.24) is 5.32 Å². The number of hydrogen-bond acceptors (Lipinski definition) is 3. The summed E-state index contributed by atoms with van der Waals surface area (Å²) in [5.74, 6) is 0.217. The fraction of sp³-hybridized carbons (Fsp3) is 0.0526. The summed E-state index contributed by atoms with van der Waals surface area (Å²) in [5.41, 5.74) is 1.33. The molecule has 1 aliphatic rings. The number of anilines is 1. The van der Waals surface area contributed by atoms with Crippen LogP contribution >= 0.6 is 27.5 Å². The second-order valence-electron chi connectivity index (χ2n) is 5.40. The Morgan fingerprint density at radius 1 is 1.23 bits per heavy atom. The van der Waals surface area contributed by atoms with Crippen molar-refractivity contribution in [3.8, 4) is 5.75 Å². The lowest BCUT2D eigenvalue weighted by Crippen LogP contribution is -2.30. The Balaban J connectivity index is 1.86. The lowest BCUT2D eigenvalue weighted by Gasteiger charge is -2.11. The molecule has 2 aromatic carbocycles. The number of halogens is 2. The van der Waals surface area contributed by atoms with Crippen LogP contribution in [0, 0.1) is 0 Å². The van der Waals surface area contributed by atoms with Crippen LogP contribution in [0.1, 0.15) is 5.56 Å². The quantitative estimate of drug-likeness (QED) is 0.420. The number of nitrogens with one attached hydrogen (secondary N) is 1. The minimum atomic E-state index is -0.520. The highest BCUT2D eigenvalue weighted by Gasteiger charge is 2.34. The number of imide groups is 1. The number of hydrogen-bond donors (Lipinski definition) is 1. The molecule has 1 N–H and O–H groups in total. The van der Waals surface area contributed by atoms with Gasteiger partial charge in [0.1, 0.15) is 18.1 Å². The van der Waals surface area contributed by atoms with Gasteiger partial charge in [0.05, 0.1) is 10.2 Å². The molecular formula is C19H14BrClN2O3. The third-order valence-electron chi connectivity index (χ3n) is 3.57. The number of amides is 3. The molecule has 1 heterocycles. The van der Waals surface area contributed by atoms with Crippen molar-refractivity contribution in [1.29, 1.82) is 0 Å². The van der Waals surface area contributed by atoms with Crippen molar-refractivity contribution in [2.45, 2.75) is 0 Å². The molecule has 0 radical (unpaired) electrons. The van der Waals surface area contributed by atoms with Gasteiger partial charge in [0.2, 0.25) is 0 Å². The number of rotatable bonds is 5. The molecule has 3 amide bonds. The van der Waals surface area contributed by atoms with E-state index in [1.165, 1.54) is 0 Å². The Kier molecular flexibility index (Phi) is 5.44. The highest BCUT2D eigenvalue weighted by molar-refractivity contribution is 9.10. The fourth-order valence-electron chi connectivity index (χ4n) is 2.42. The number of carbonyl (C=O) groups is 2. The molecule has 7 heteroatoms. The van der Waals surface area contributed by atoms with E-state index in [1.807, 2.05) is 0 Å². The Morgan fingerprint density at radius 3 is 2.73 bits per heavy atom. The first-order valence-corrected chi connectivity index (χ1v) is 8.82. The average molecular weight is 434 g/mol. The van der Waals surface area contributed by atoms with E-state index in [9.17, 15) is 9.59 Å². The van der Waals surface area contributed by atoms with Crippen LogP contribution in [0.2, 0.25) is 5.02 Å². The summed E-state index contributed by atoms with van der Waals surface area (Å²) in [5, 5.41) is 3.03. The number of nitrogens with zero attached hydrogens (tertiary/aromatic N) is 1. The first kappa shape index (κ1) is 18.2. The molecule has 2 aromatic rings. The van der Waals surface area contributed by atoms with Gasteiger partial charge >= 0.3 is 6.03 Å². The van der Waals surface area contributed by atoms with Crippen LogP contribution in [0.5, 0.6) is 5.75 Å². The van der Waals surface area contributed by atoms with E-state index < -0.39 is 11.9 Å². The van der Waals surface area contributed by atoms with Gasteiger partial charge < -0.3 is 10.1 Å². The zero-order chi connectivity index (χ0) is 18.7. The van der Waals surface area contributed by atoms with Crippen molar-refractivity contribution in [2.24, 2.45) is 0 Å². The van der Waals surface area contributed by atoms with Crippen LogP contribution in [0.15, 0.2) is 65.3 Å². The first-order chi connectivity index (χ1) is 12.5. The van der Waals surface area contributed by atoms with Gasteiger partial charge in [0.15, 0.2) is 0 Å². The van der Waals surface area contributed by atoms with Gasteiger partial charge in [-0.05, 0) is 57.9 Å². The number of carbonyl (C=O) groups excluding carboxylic acids is 2. The van der Waals surface area contributed by atoms with E-state index in [0.717, 1.165) is 14.9 Å². The highest BCUT2D eigenvalue weighted by Crippen LogP contribution is 2.28. The van der Waals surface area contributed by atoms with E-state index in [4.69, 9.17) is 16.3 Å². The summed E-state index contributed by atoms with van der Waals surface area (Å²) in [7, 11) is 0. The van der Waals surface area contributed by atoms with Gasteiger partial charge in [-0.25, -0.2) is 9.69 Å². The minimum Gasteiger partial charge on any atom is -0.488 e. The van der Waals surface area contributed by atoms with Gasteiger partial charge in [-0.15, -0.1) is 0 Å². The molecule has 1 saturated heterocycles. The molecule has 1 aliphatic heterocycles. The second-order valence-corrected chi connectivity index (χ2v) is 6.69. The zero-order valence-electron chi connectivity index (χ0n) is 13.5. The predicted octanol–water partition coefficient (Wildman–Crippen LogP) is 4.76. The van der Waals surface area contributed by atoms with Crippen LogP contribution < -0.4 is 15.0 Å². The molecule has 0 aliphatic carbocycles. The third kappa shape index (κ3) is 3.81. The highest BCUT2D eigenvalue weighted by atomic mass is 79.9. The third-order valence-corrected chi connectivity index (χ3v) is 4.42. The molecule has 0 saturated carbocycles. The van der Waals surface area contributed by atoms with Gasteiger partial charge in [-0.2, -0.15) is 0 Å². The molecule has 0 spiro atoms. The molecule has 26 heavy (non-hydrogen) atoms. The molecule has 3 rings (SSSR count). The van der Waals surface area contributed by atoms with Crippen LogP contribution in [0.25, 0.3) is 6.08 Å². The molecule has 0 atom stereocenters. The molecule has 132 valence electrons. The van der Waals surface area contributed by atoms with E-state index in [-0.39, 0.29) is 5.70 Å². The summed E-state index contributed by atoms with van der Waals surface area (Å²) in [6.45, 7) is 3.99. The summed E-state index contributed by atoms with van der Waals surface area (Å²) in [4.78, 5) is 25.9. The Labute approximate surface area is 164 Å². The van der Waals surface area contributed by atoms with Crippen molar-refractivity contribution < 1.29 is 14.3 Å². The molecule has 1 fully saturated rings. The standard InChI is InChI=1S/C19H14BrClN2O3/c1-2-8-26-17-7-6-12(9-15(17)20)10-16-18(24)23(19(25)22-16)14-5-3-4-13(21)11-14/h2-7,9-11H,1,8H2,(H,22,25). The number of benzene rings is 2. The number of urea groups is 1. The van der Waals surface area contributed by atoms with Crippen molar-refractivity contribution in [3.05, 3.63) is 75.9 Å². The lowest BCUT2D eigenvalue weighted by molar-refractivity contribution is -0.113. The summed E-state index contributed by atoms with van der Waals surface area (Å²) in [6, 6.07) is 11.4. The summed E-state index contributed by atoms with van der Waals surface area (Å²) < 4.78 is 6.23. The van der Waals surface area contributed by atoms with Gasteiger partial charge in [0, 0.05) is 5.02 Å². The van der Waals surface area contributed by atoms with Crippen LogP contribution in [0.3, 0.4) is 0 Å². The minimum absolute atomic E-state index is 0.182. The van der Waals surface area contributed by atoms with E-state index in [0.29, 0.717) is 23.1 Å². The van der Waals surface area contributed by atoms with Gasteiger partial charge in [0.25, 0.3) is 5.91 Å². The van der Waals surface area contributed by atoms with Crippen molar-refractivity contribution in [2.75, 3.05) is 11.5 Å². The monoisotopic (exact) mass is 432 g/mol. The van der Waals surface area contributed by atoms with Crippen molar-refractivity contribution in [3.63, 3.8) is 0 Å². The Hall–Kier alpha value is -2.57. The first-order valence-electron chi connectivity index (χ1n) is 7.65. The SMILES string of the molecule is C=CCOc1ccc(C=C2NC(=O)N(c3cccc(Cl)c3)C2=O)cc1Br. The van der Waals surface area contributed by atoms with Gasteiger partial charge in [-0.1, -0.05) is 36.4 Å². The molecule has 0 bridgehead atoms. The molecule has 5 nitrogen and oxygen atoms in total. The normalized spacial score (nSPS) is 15.3. The van der Waals surface area contributed by atoms with Crippen LogP contribution in [0.4, 0.5) is 10.5 Å². The molecule has 0 unspecified atom stereocenters. The predicted molar refractivity (Wildman–Crippen MR) is 105 cm³/mol. The topological polar surface area (TPSA) is 58.6 Å². The van der Waals surface area contributed by atoms with E-state index in [1.54, 1.807) is 54.6 Å². The van der Waals surface area contributed by atoms with Crippen LogP contribution in [-0.2, 0) is 4.79 Å². The fourth-order valence-corrected chi connectivity index (χ4v) is 3.12. The van der Waals surface area contributed by atoms with E-state index in [2.05, 4.69) is 27.8 Å². The Morgan fingerprint density at radius 2 is 2.04 bits per heavy atom. The Bertz CT molecular complexity index is 927. The zero-order valence-corrected chi connectivity index (χ0v) is 15.9. The number of ether oxygens (including phenoxy) is 1. The maximum atomic E-state index is 12.6. The summed E-state index contributed by atoms with van der Waals surface area (Å²) >= 11 is 9.37. The van der Waals surface area contributed by atoms with Crippen molar-refractivity contribution >= 4 is 51.2 Å². The molecular weight excluding hydrogens is 420 g/mol. The summed E-state index contributed by atoms with van der Waals surface area (Å²) in [6.07, 6.45) is 3.26. The largest absolute Gasteiger partial charge is 0.488 e.